The van der Waals surface area contributed by atoms with Crippen molar-refractivity contribution >= 4 is 5.71 Å². The van der Waals surface area contributed by atoms with Gasteiger partial charge in [0.25, 0.3) is 5.71 Å². The molecule has 0 amide bonds. The van der Waals surface area contributed by atoms with Gasteiger partial charge in [-0.1, -0.05) is 0 Å². The summed E-state index contributed by atoms with van der Waals surface area (Å²) in [6.45, 7) is 0. The van der Waals surface area contributed by atoms with Crippen molar-refractivity contribution in [3.8, 4) is 0 Å². The highest BCUT2D eigenvalue weighted by atomic mass is 16.3. The maximum atomic E-state index is 9.40. The molecular formula is C8H11N3O. The summed E-state index contributed by atoms with van der Waals surface area (Å²) in [5, 5.41) is 9.40. The Kier molecular flexibility index (Phi) is 2.31. The summed E-state index contributed by atoms with van der Waals surface area (Å²) in [5.41, 5.74) is 9.65. The fraction of sp³-hybridized carbons (Fsp3) is 0.375. The van der Waals surface area contributed by atoms with Crippen LogP contribution < -0.4 is 0 Å². The van der Waals surface area contributed by atoms with Crippen LogP contribution in [-0.4, -0.2) is 34.6 Å². The number of hydrogen-bond donors (Lipinski definition) is 1. The Bertz CT molecular complexity index is 295. The third kappa shape index (κ3) is 1.54. The minimum Gasteiger partial charge on any atom is -0.506 e. The van der Waals surface area contributed by atoms with Gasteiger partial charge in [-0.05, 0) is 6.08 Å². The van der Waals surface area contributed by atoms with Gasteiger partial charge in [-0.3, -0.25) is 0 Å². The van der Waals surface area contributed by atoms with E-state index in [-0.39, 0.29) is 5.76 Å². The van der Waals surface area contributed by atoms with Crippen molar-refractivity contribution in [3.63, 3.8) is 0 Å². The normalized spacial score (nSPS) is 16.3. The average molecular weight is 165 g/mol. The predicted molar refractivity (Wildman–Crippen MR) is 45.7 cm³/mol. The van der Waals surface area contributed by atoms with E-state index in [2.05, 4.69) is 4.79 Å². The number of rotatable bonds is 1. The molecule has 0 aromatic rings. The van der Waals surface area contributed by atoms with Gasteiger partial charge in [0, 0.05) is 14.1 Å². The molecule has 4 heteroatoms. The van der Waals surface area contributed by atoms with Crippen LogP contribution in [0.2, 0.25) is 0 Å². The quantitative estimate of drug-likeness (QED) is 0.464. The van der Waals surface area contributed by atoms with Crippen molar-refractivity contribution in [2.24, 2.45) is 0 Å². The first-order valence-corrected chi connectivity index (χ1v) is 3.64. The van der Waals surface area contributed by atoms with Crippen molar-refractivity contribution in [2.75, 3.05) is 14.1 Å². The van der Waals surface area contributed by atoms with Crippen LogP contribution in [-0.2, 0) is 0 Å². The van der Waals surface area contributed by atoms with Crippen molar-refractivity contribution in [1.82, 2.24) is 4.90 Å². The first-order chi connectivity index (χ1) is 5.65. The number of likely N-dealkylation sites (N-methyl/N-ethyl adjacent to an activating group) is 1. The molecular weight excluding hydrogens is 154 g/mol. The summed E-state index contributed by atoms with van der Waals surface area (Å²) in [5.74, 6) is 0.138. The topological polar surface area (TPSA) is 59.9 Å². The Morgan fingerprint density at radius 2 is 2.25 bits per heavy atom. The van der Waals surface area contributed by atoms with Crippen LogP contribution >= 0.6 is 0 Å². The van der Waals surface area contributed by atoms with Crippen LogP contribution in [0.4, 0.5) is 0 Å². The van der Waals surface area contributed by atoms with Crippen molar-refractivity contribution in [1.29, 1.82) is 0 Å². The summed E-state index contributed by atoms with van der Waals surface area (Å²) in [7, 11) is 3.69. The van der Waals surface area contributed by atoms with Gasteiger partial charge < -0.3 is 15.5 Å². The van der Waals surface area contributed by atoms with Gasteiger partial charge in [0.2, 0.25) is 0 Å². The molecule has 1 aliphatic carbocycles. The van der Waals surface area contributed by atoms with E-state index in [4.69, 9.17) is 5.53 Å². The monoisotopic (exact) mass is 165 g/mol. The van der Waals surface area contributed by atoms with Crippen LogP contribution in [0.1, 0.15) is 6.42 Å². The van der Waals surface area contributed by atoms with E-state index in [1.807, 2.05) is 20.2 Å². The van der Waals surface area contributed by atoms with Crippen molar-refractivity contribution in [2.45, 2.75) is 6.42 Å². The molecule has 0 spiro atoms. The smallest absolute Gasteiger partial charge is 0.299 e. The van der Waals surface area contributed by atoms with E-state index >= 15 is 0 Å². The number of nitrogens with zero attached hydrogens (tertiary/aromatic N) is 3. The van der Waals surface area contributed by atoms with E-state index in [1.54, 1.807) is 4.90 Å². The van der Waals surface area contributed by atoms with Crippen LogP contribution in [0.25, 0.3) is 5.53 Å². The van der Waals surface area contributed by atoms with Gasteiger partial charge in [0.15, 0.2) is 0 Å². The lowest BCUT2D eigenvalue weighted by molar-refractivity contribution is -0.00575. The lowest BCUT2D eigenvalue weighted by Crippen LogP contribution is -2.17. The molecule has 0 radical (unpaired) electrons. The van der Waals surface area contributed by atoms with Gasteiger partial charge in [0.05, 0.1) is 18.2 Å². The van der Waals surface area contributed by atoms with E-state index in [9.17, 15) is 5.11 Å². The van der Waals surface area contributed by atoms with Gasteiger partial charge in [-0.25, -0.2) is 0 Å². The standard InChI is InChI=1S/C8H11N3O/c1-11(2)7-4-3-6(10-9)5-8(7)12/h4-5,12H,3H2,1-2H3. The number of aliphatic hydroxyl groups is 1. The molecule has 0 atom stereocenters. The Hall–Kier alpha value is -1.54. The van der Waals surface area contributed by atoms with Crippen LogP contribution in [0.5, 0.6) is 0 Å². The largest absolute Gasteiger partial charge is 0.506 e. The van der Waals surface area contributed by atoms with Crippen LogP contribution in [0.3, 0.4) is 0 Å². The zero-order chi connectivity index (χ0) is 9.14. The predicted octanol–water partition coefficient (Wildman–Crippen LogP) is 0.948. The Labute approximate surface area is 71.0 Å². The van der Waals surface area contributed by atoms with Crippen molar-refractivity contribution < 1.29 is 9.90 Å². The van der Waals surface area contributed by atoms with E-state index in [1.165, 1.54) is 6.08 Å². The molecule has 4 nitrogen and oxygen atoms in total. The molecule has 0 saturated carbocycles. The van der Waals surface area contributed by atoms with E-state index in [0.29, 0.717) is 12.1 Å². The minimum atomic E-state index is 0.138. The highest BCUT2D eigenvalue weighted by Crippen LogP contribution is 2.15. The van der Waals surface area contributed by atoms with Gasteiger partial charge in [-0.15, -0.1) is 0 Å². The van der Waals surface area contributed by atoms with Crippen LogP contribution in [0, 0.1) is 0 Å². The average Bonchev–Trinajstić information content (AvgIpc) is 2.03. The zero-order valence-corrected chi connectivity index (χ0v) is 7.15. The summed E-state index contributed by atoms with van der Waals surface area (Å²) in [6, 6.07) is 0. The molecule has 1 rings (SSSR count). The summed E-state index contributed by atoms with van der Waals surface area (Å²) in [6.07, 6.45) is 3.81. The molecule has 1 N–H and O–H groups in total. The molecule has 0 unspecified atom stereocenters. The molecule has 0 aromatic heterocycles. The Morgan fingerprint density at radius 3 is 2.67 bits per heavy atom. The summed E-state index contributed by atoms with van der Waals surface area (Å²) in [4.78, 5) is 4.81. The lowest BCUT2D eigenvalue weighted by Gasteiger charge is -2.17. The number of allylic oxidation sites excluding steroid dienone is 2. The van der Waals surface area contributed by atoms with E-state index in [0.717, 1.165) is 5.70 Å². The summed E-state index contributed by atoms with van der Waals surface area (Å²) < 4.78 is 0. The Balaban J connectivity index is 2.94. The molecule has 0 bridgehead atoms. The first-order valence-electron chi connectivity index (χ1n) is 3.64. The fourth-order valence-corrected chi connectivity index (χ4v) is 1.08. The van der Waals surface area contributed by atoms with Gasteiger partial charge >= 0.3 is 0 Å². The molecule has 0 heterocycles. The van der Waals surface area contributed by atoms with Crippen LogP contribution in [0.15, 0.2) is 23.6 Å². The molecule has 0 aromatic carbocycles. The third-order valence-corrected chi connectivity index (χ3v) is 1.68. The number of hydrogen-bond acceptors (Lipinski definition) is 2. The van der Waals surface area contributed by atoms with Gasteiger partial charge in [0.1, 0.15) is 5.76 Å². The minimum absolute atomic E-state index is 0.138. The molecule has 64 valence electrons. The molecule has 0 aliphatic heterocycles. The second-order valence-electron chi connectivity index (χ2n) is 2.81. The fourth-order valence-electron chi connectivity index (χ4n) is 1.08. The number of aliphatic hydroxyl groups excluding tert-OH is 1. The maximum absolute atomic E-state index is 9.40. The molecule has 12 heavy (non-hydrogen) atoms. The zero-order valence-electron chi connectivity index (χ0n) is 7.15. The maximum Gasteiger partial charge on any atom is 0.299 e. The lowest BCUT2D eigenvalue weighted by atomic mass is 10.1. The second-order valence-corrected chi connectivity index (χ2v) is 2.81. The third-order valence-electron chi connectivity index (χ3n) is 1.68. The van der Waals surface area contributed by atoms with Gasteiger partial charge in [-0.2, -0.15) is 4.79 Å². The molecule has 0 fully saturated rings. The molecule has 1 aliphatic rings. The SMILES string of the molecule is CN(C)C1=CCC(=[N+]=[N-])C=C1O. The Morgan fingerprint density at radius 1 is 1.58 bits per heavy atom. The highest BCUT2D eigenvalue weighted by Gasteiger charge is 2.16. The second kappa shape index (κ2) is 3.24. The van der Waals surface area contributed by atoms with Crippen molar-refractivity contribution in [3.05, 3.63) is 29.1 Å². The van der Waals surface area contributed by atoms with E-state index < -0.39 is 0 Å². The first kappa shape index (κ1) is 8.56. The molecule has 0 saturated heterocycles. The summed E-state index contributed by atoms with van der Waals surface area (Å²) >= 11 is 0. The highest BCUT2D eigenvalue weighted by molar-refractivity contribution is 5.93.